The Kier molecular flexibility index (Phi) is 4.42. The van der Waals surface area contributed by atoms with E-state index in [4.69, 9.17) is 10.5 Å². The van der Waals surface area contributed by atoms with Gasteiger partial charge in [0.2, 0.25) is 0 Å². The summed E-state index contributed by atoms with van der Waals surface area (Å²) in [5.41, 5.74) is 5.80. The lowest BCUT2D eigenvalue weighted by Gasteiger charge is -2.42. The molecule has 1 aromatic carbocycles. The number of nitrogens with zero attached hydrogens (tertiary/aromatic N) is 1. The van der Waals surface area contributed by atoms with Gasteiger partial charge in [0.1, 0.15) is 11.5 Å². The number of phenols is 1. The molecule has 2 rings (SSSR count). The third-order valence-electron chi connectivity index (χ3n) is 4.26. The van der Waals surface area contributed by atoms with E-state index in [2.05, 4.69) is 0 Å². The van der Waals surface area contributed by atoms with Crippen molar-refractivity contribution in [3.63, 3.8) is 0 Å². The first-order valence-corrected chi connectivity index (χ1v) is 7.57. The zero-order valence-corrected chi connectivity index (χ0v) is 12.9. The van der Waals surface area contributed by atoms with Crippen LogP contribution in [0.25, 0.3) is 0 Å². The molecule has 0 aromatic heterocycles. The molecule has 0 saturated heterocycles. The normalized spacial score (nSPS) is 18.1. The van der Waals surface area contributed by atoms with Crippen LogP contribution < -0.4 is 15.4 Å². The van der Waals surface area contributed by atoms with Crippen LogP contribution in [-0.4, -0.2) is 29.2 Å². The van der Waals surface area contributed by atoms with Gasteiger partial charge in [0.15, 0.2) is 5.60 Å². The summed E-state index contributed by atoms with van der Waals surface area (Å²) >= 11 is 0. The van der Waals surface area contributed by atoms with Gasteiger partial charge in [0.05, 0.1) is 5.69 Å². The van der Waals surface area contributed by atoms with Crippen LogP contribution in [0, 0.1) is 0 Å². The molecular weight excluding hydrogens is 268 g/mol. The maximum absolute atomic E-state index is 12.9. The SMILES string of the molecule is CCC(N)CN1C(=O)C(CC)(CC)Oc2ccc(O)cc21. The van der Waals surface area contributed by atoms with Crippen molar-refractivity contribution in [2.24, 2.45) is 5.73 Å². The summed E-state index contributed by atoms with van der Waals surface area (Å²) in [5.74, 6) is 0.662. The Hall–Kier alpha value is -1.75. The largest absolute Gasteiger partial charge is 0.508 e. The lowest BCUT2D eigenvalue weighted by atomic mass is 9.92. The maximum Gasteiger partial charge on any atom is 0.271 e. The van der Waals surface area contributed by atoms with Crippen LogP contribution in [0.4, 0.5) is 5.69 Å². The predicted molar refractivity (Wildman–Crippen MR) is 82.7 cm³/mol. The molecule has 0 fully saturated rings. The average Bonchev–Trinajstić information content (AvgIpc) is 2.50. The van der Waals surface area contributed by atoms with Gasteiger partial charge in [0.25, 0.3) is 5.91 Å². The molecule has 1 amide bonds. The molecule has 1 aromatic rings. The summed E-state index contributed by atoms with van der Waals surface area (Å²) in [4.78, 5) is 14.6. The average molecular weight is 292 g/mol. The molecule has 3 N–H and O–H groups in total. The minimum Gasteiger partial charge on any atom is -0.508 e. The predicted octanol–water partition coefficient (Wildman–Crippen LogP) is 2.41. The number of fused-ring (bicyclic) bond motifs is 1. The lowest BCUT2D eigenvalue weighted by molar-refractivity contribution is -0.136. The summed E-state index contributed by atoms with van der Waals surface area (Å²) in [6, 6.07) is 4.74. The Bertz CT molecular complexity index is 526. The molecule has 0 radical (unpaired) electrons. The van der Waals surface area contributed by atoms with Crippen LogP contribution in [0.2, 0.25) is 0 Å². The number of benzene rings is 1. The van der Waals surface area contributed by atoms with Gasteiger partial charge in [-0.15, -0.1) is 0 Å². The Morgan fingerprint density at radius 3 is 2.57 bits per heavy atom. The first-order chi connectivity index (χ1) is 9.97. The molecule has 1 heterocycles. The summed E-state index contributed by atoms with van der Waals surface area (Å²) in [6.45, 7) is 6.32. The van der Waals surface area contributed by atoms with E-state index in [9.17, 15) is 9.90 Å². The molecule has 0 saturated carbocycles. The molecule has 0 bridgehead atoms. The number of ether oxygens (including phenoxy) is 1. The van der Waals surface area contributed by atoms with Crippen molar-refractivity contribution in [3.05, 3.63) is 18.2 Å². The monoisotopic (exact) mass is 292 g/mol. The number of carbonyl (C=O) groups excluding carboxylic acids is 1. The van der Waals surface area contributed by atoms with Crippen LogP contribution in [0.5, 0.6) is 11.5 Å². The summed E-state index contributed by atoms with van der Waals surface area (Å²) in [7, 11) is 0. The first kappa shape index (κ1) is 15.6. The third-order valence-corrected chi connectivity index (χ3v) is 4.26. The summed E-state index contributed by atoms with van der Waals surface area (Å²) < 4.78 is 5.99. The fourth-order valence-corrected chi connectivity index (χ4v) is 2.65. The van der Waals surface area contributed by atoms with E-state index >= 15 is 0 Å². The number of anilines is 1. The minimum atomic E-state index is -0.836. The Morgan fingerprint density at radius 1 is 1.33 bits per heavy atom. The number of carbonyl (C=O) groups is 1. The van der Waals surface area contributed by atoms with Gasteiger partial charge in [-0.2, -0.15) is 0 Å². The van der Waals surface area contributed by atoms with Gasteiger partial charge in [-0.3, -0.25) is 4.79 Å². The number of hydrogen-bond donors (Lipinski definition) is 2. The van der Waals surface area contributed by atoms with E-state index in [1.807, 2.05) is 20.8 Å². The number of phenolic OH excluding ortho intramolecular Hbond substituents is 1. The minimum absolute atomic E-state index is 0.0745. The molecule has 5 heteroatoms. The molecule has 116 valence electrons. The standard InChI is InChI=1S/C16H24N2O3/c1-4-11(17)10-18-13-9-12(19)7-8-14(13)21-16(5-2,6-3)15(18)20/h7-9,11,19H,4-6,10,17H2,1-3H3. The summed E-state index contributed by atoms with van der Waals surface area (Å²) in [5, 5.41) is 9.70. The topological polar surface area (TPSA) is 75.8 Å². The molecule has 1 atom stereocenters. The fourth-order valence-electron chi connectivity index (χ4n) is 2.65. The van der Waals surface area contributed by atoms with Gasteiger partial charge in [-0.1, -0.05) is 20.8 Å². The highest BCUT2D eigenvalue weighted by Crippen LogP contribution is 2.42. The van der Waals surface area contributed by atoms with Gasteiger partial charge in [-0.25, -0.2) is 0 Å². The van der Waals surface area contributed by atoms with Crippen molar-refractivity contribution in [1.29, 1.82) is 0 Å². The van der Waals surface area contributed by atoms with Crippen molar-refractivity contribution < 1.29 is 14.6 Å². The molecule has 1 aliphatic heterocycles. The highest BCUT2D eigenvalue weighted by Gasteiger charge is 2.46. The Labute approximate surface area is 125 Å². The smallest absolute Gasteiger partial charge is 0.271 e. The number of aromatic hydroxyl groups is 1. The van der Waals surface area contributed by atoms with Crippen molar-refractivity contribution in [3.8, 4) is 11.5 Å². The third kappa shape index (κ3) is 2.70. The number of amides is 1. The second-order valence-corrected chi connectivity index (χ2v) is 5.54. The molecule has 0 aliphatic carbocycles. The van der Waals surface area contributed by atoms with Gasteiger partial charge >= 0.3 is 0 Å². The van der Waals surface area contributed by atoms with Crippen molar-refractivity contribution >= 4 is 11.6 Å². The van der Waals surface area contributed by atoms with Crippen molar-refractivity contribution in [2.75, 3.05) is 11.4 Å². The van der Waals surface area contributed by atoms with E-state index < -0.39 is 5.60 Å². The summed E-state index contributed by atoms with van der Waals surface area (Å²) in [6.07, 6.45) is 1.98. The lowest BCUT2D eigenvalue weighted by Crippen LogP contribution is -2.57. The zero-order valence-electron chi connectivity index (χ0n) is 12.9. The molecule has 1 unspecified atom stereocenters. The quantitative estimate of drug-likeness (QED) is 0.874. The number of hydrogen-bond acceptors (Lipinski definition) is 4. The van der Waals surface area contributed by atoms with Crippen molar-refractivity contribution in [2.45, 2.75) is 51.7 Å². The molecule has 21 heavy (non-hydrogen) atoms. The van der Waals surface area contributed by atoms with Crippen LogP contribution in [-0.2, 0) is 4.79 Å². The number of rotatable bonds is 5. The second-order valence-electron chi connectivity index (χ2n) is 5.54. The molecule has 0 spiro atoms. The zero-order chi connectivity index (χ0) is 15.6. The first-order valence-electron chi connectivity index (χ1n) is 7.57. The van der Waals surface area contributed by atoms with Crippen LogP contribution in [0.15, 0.2) is 18.2 Å². The Morgan fingerprint density at radius 2 is 2.00 bits per heavy atom. The van der Waals surface area contributed by atoms with E-state index in [0.29, 0.717) is 30.8 Å². The van der Waals surface area contributed by atoms with Gasteiger partial charge < -0.3 is 20.5 Å². The number of nitrogens with two attached hydrogens (primary N) is 1. The molecule has 1 aliphatic rings. The van der Waals surface area contributed by atoms with E-state index in [1.165, 1.54) is 0 Å². The van der Waals surface area contributed by atoms with E-state index in [-0.39, 0.29) is 17.7 Å². The second kappa shape index (κ2) is 5.93. The van der Waals surface area contributed by atoms with Crippen molar-refractivity contribution in [1.82, 2.24) is 0 Å². The van der Waals surface area contributed by atoms with Gasteiger partial charge in [-0.05, 0) is 31.4 Å². The van der Waals surface area contributed by atoms with Crippen LogP contribution in [0.3, 0.4) is 0 Å². The molecule has 5 nitrogen and oxygen atoms in total. The van der Waals surface area contributed by atoms with Crippen LogP contribution >= 0.6 is 0 Å². The van der Waals surface area contributed by atoms with Gasteiger partial charge in [0, 0.05) is 18.7 Å². The van der Waals surface area contributed by atoms with Crippen LogP contribution in [0.1, 0.15) is 40.0 Å². The van der Waals surface area contributed by atoms with E-state index in [0.717, 1.165) is 6.42 Å². The molecular formula is C16H24N2O3. The van der Waals surface area contributed by atoms with E-state index in [1.54, 1.807) is 23.1 Å². The highest BCUT2D eigenvalue weighted by molar-refractivity contribution is 6.03. The fraction of sp³-hybridized carbons (Fsp3) is 0.562. The highest BCUT2D eigenvalue weighted by atomic mass is 16.5. The Balaban J connectivity index is 2.49. The maximum atomic E-state index is 12.9.